The summed E-state index contributed by atoms with van der Waals surface area (Å²) in [5.41, 5.74) is 6.78. The number of hydrogen-bond acceptors (Lipinski definition) is 1. The van der Waals surface area contributed by atoms with E-state index in [1.165, 1.54) is 19.3 Å². The molecule has 0 aromatic heterocycles. The number of benzene rings is 1. The average molecular weight is 254 g/mol. The van der Waals surface area contributed by atoms with Crippen molar-refractivity contribution in [2.75, 3.05) is 6.54 Å². The SMILES string of the molecule is NCC1(Cc2cccc(Cl)c2F)CC2CC2C1. The van der Waals surface area contributed by atoms with Gasteiger partial charge in [0.15, 0.2) is 0 Å². The summed E-state index contributed by atoms with van der Waals surface area (Å²) in [6.45, 7) is 0.659. The van der Waals surface area contributed by atoms with Gasteiger partial charge in [-0.1, -0.05) is 23.7 Å². The second-order valence-corrected chi connectivity index (χ2v) is 6.17. The maximum absolute atomic E-state index is 13.9. The third-order valence-corrected chi connectivity index (χ3v) is 4.78. The summed E-state index contributed by atoms with van der Waals surface area (Å²) in [4.78, 5) is 0. The van der Waals surface area contributed by atoms with Gasteiger partial charge in [0.2, 0.25) is 0 Å². The summed E-state index contributed by atoms with van der Waals surface area (Å²) < 4.78 is 13.9. The highest BCUT2D eigenvalue weighted by atomic mass is 35.5. The zero-order chi connectivity index (χ0) is 12.0. The molecular formula is C14H17ClFN. The van der Waals surface area contributed by atoms with Gasteiger partial charge in [-0.3, -0.25) is 0 Å². The largest absolute Gasteiger partial charge is 0.330 e. The molecule has 0 amide bonds. The quantitative estimate of drug-likeness (QED) is 0.878. The molecule has 0 heterocycles. The van der Waals surface area contributed by atoms with Gasteiger partial charge >= 0.3 is 0 Å². The van der Waals surface area contributed by atoms with Crippen molar-refractivity contribution in [3.63, 3.8) is 0 Å². The van der Waals surface area contributed by atoms with Crippen molar-refractivity contribution in [2.24, 2.45) is 23.0 Å². The summed E-state index contributed by atoms with van der Waals surface area (Å²) in [6, 6.07) is 5.25. The molecule has 17 heavy (non-hydrogen) atoms. The lowest BCUT2D eigenvalue weighted by Gasteiger charge is -2.29. The molecule has 0 bridgehead atoms. The lowest BCUT2D eigenvalue weighted by Crippen LogP contribution is -2.31. The minimum absolute atomic E-state index is 0.124. The zero-order valence-electron chi connectivity index (χ0n) is 9.76. The minimum atomic E-state index is -0.262. The van der Waals surface area contributed by atoms with Crippen LogP contribution in [-0.4, -0.2) is 6.54 Å². The number of hydrogen-bond donors (Lipinski definition) is 1. The van der Waals surface area contributed by atoms with Crippen LogP contribution in [0.5, 0.6) is 0 Å². The Hall–Kier alpha value is -0.600. The van der Waals surface area contributed by atoms with Gasteiger partial charge in [0.25, 0.3) is 0 Å². The lowest BCUT2D eigenvalue weighted by atomic mass is 9.77. The van der Waals surface area contributed by atoms with E-state index in [9.17, 15) is 4.39 Å². The van der Waals surface area contributed by atoms with Crippen molar-refractivity contribution in [2.45, 2.75) is 25.7 Å². The first-order valence-electron chi connectivity index (χ1n) is 6.26. The molecule has 2 aliphatic rings. The number of fused-ring (bicyclic) bond motifs is 1. The summed E-state index contributed by atoms with van der Waals surface area (Å²) in [7, 11) is 0. The molecule has 1 aromatic carbocycles. The molecule has 2 atom stereocenters. The van der Waals surface area contributed by atoms with E-state index in [1.807, 2.05) is 12.1 Å². The van der Waals surface area contributed by atoms with Crippen LogP contribution < -0.4 is 5.73 Å². The predicted molar refractivity (Wildman–Crippen MR) is 67.4 cm³/mol. The third kappa shape index (κ3) is 1.98. The molecule has 2 saturated carbocycles. The Balaban J connectivity index is 1.83. The van der Waals surface area contributed by atoms with E-state index in [1.54, 1.807) is 6.07 Å². The average Bonchev–Trinajstić information content (AvgIpc) is 2.94. The van der Waals surface area contributed by atoms with E-state index in [0.29, 0.717) is 6.54 Å². The zero-order valence-corrected chi connectivity index (χ0v) is 10.5. The van der Waals surface area contributed by atoms with E-state index in [-0.39, 0.29) is 16.3 Å². The van der Waals surface area contributed by atoms with Crippen molar-refractivity contribution in [3.05, 3.63) is 34.6 Å². The van der Waals surface area contributed by atoms with E-state index in [0.717, 1.165) is 23.8 Å². The van der Waals surface area contributed by atoms with Crippen LogP contribution in [0.3, 0.4) is 0 Å². The van der Waals surface area contributed by atoms with Crippen LogP contribution in [0.1, 0.15) is 24.8 Å². The molecule has 1 nitrogen and oxygen atoms in total. The van der Waals surface area contributed by atoms with Crippen molar-refractivity contribution < 1.29 is 4.39 Å². The Labute approximate surface area is 106 Å². The van der Waals surface area contributed by atoms with Gasteiger partial charge in [0.1, 0.15) is 5.82 Å². The standard InChI is InChI=1S/C14H17ClFN/c15-12-3-1-2-9(13(12)16)5-14(8-17)6-10-4-11(10)7-14/h1-3,10-11H,4-8,17H2. The molecular weight excluding hydrogens is 237 g/mol. The highest BCUT2D eigenvalue weighted by Crippen LogP contribution is 2.60. The summed E-state index contributed by atoms with van der Waals surface area (Å²) >= 11 is 5.82. The maximum atomic E-state index is 13.9. The van der Waals surface area contributed by atoms with Gasteiger partial charge in [0, 0.05) is 0 Å². The fraction of sp³-hybridized carbons (Fsp3) is 0.571. The summed E-state index contributed by atoms with van der Waals surface area (Å²) in [5, 5.41) is 0.220. The fourth-order valence-corrected chi connectivity index (χ4v) is 3.67. The number of nitrogens with two attached hydrogens (primary N) is 1. The fourth-order valence-electron chi connectivity index (χ4n) is 3.48. The van der Waals surface area contributed by atoms with Crippen LogP contribution in [0.15, 0.2) is 18.2 Å². The van der Waals surface area contributed by atoms with Crippen LogP contribution in [0.25, 0.3) is 0 Å². The molecule has 2 unspecified atom stereocenters. The third-order valence-electron chi connectivity index (χ3n) is 4.49. The van der Waals surface area contributed by atoms with Gasteiger partial charge in [-0.25, -0.2) is 4.39 Å². The van der Waals surface area contributed by atoms with Crippen LogP contribution in [0.2, 0.25) is 5.02 Å². The van der Waals surface area contributed by atoms with Crippen molar-refractivity contribution in [1.82, 2.24) is 0 Å². The van der Waals surface area contributed by atoms with Crippen molar-refractivity contribution in [3.8, 4) is 0 Å². The molecule has 0 saturated heterocycles. The molecule has 2 N–H and O–H groups in total. The summed E-state index contributed by atoms with van der Waals surface area (Å²) in [5.74, 6) is 1.46. The Morgan fingerprint density at radius 2 is 2.06 bits per heavy atom. The van der Waals surface area contributed by atoms with Gasteiger partial charge in [0.05, 0.1) is 5.02 Å². The van der Waals surface area contributed by atoms with E-state index < -0.39 is 0 Å². The Kier molecular flexibility index (Phi) is 2.68. The molecule has 0 aliphatic heterocycles. The van der Waals surface area contributed by atoms with Crippen LogP contribution in [-0.2, 0) is 6.42 Å². The molecule has 2 fully saturated rings. The number of rotatable bonds is 3. The second-order valence-electron chi connectivity index (χ2n) is 5.76. The van der Waals surface area contributed by atoms with Gasteiger partial charge in [-0.05, 0) is 61.1 Å². The smallest absolute Gasteiger partial charge is 0.144 e. The highest BCUT2D eigenvalue weighted by molar-refractivity contribution is 6.30. The van der Waals surface area contributed by atoms with Gasteiger partial charge in [-0.2, -0.15) is 0 Å². The lowest BCUT2D eigenvalue weighted by molar-refractivity contribution is 0.269. The Bertz CT molecular complexity index is 436. The predicted octanol–water partition coefficient (Wildman–Crippen LogP) is 3.40. The summed E-state index contributed by atoms with van der Waals surface area (Å²) in [6.07, 6.45) is 4.43. The van der Waals surface area contributed by atoms with E-state index in [4.69, 9.17) is 17.3 Å². The Morgan fingerprint density at radius 3 is 2.71 bits per heavy atom. The molecule has 2 aliphatic carbocycles. The van der Waals surface area contributed by atoms with Crippen LogP contribution in [0.4, 0.5) is 4.39 Å². The van der Waals surface area contributed by atoms with E-state index in [2.05, 4.69) is 0 Å². The minimum Gasteiger partial charge on any atom is -0.330 e. The van der Waals surface area contributed by atoms with Crippen LogP contribution in [0, 0.1) is 23.1 Å². The monoisotopic (exact) mass is 253 g/mol. The first kappa shape index (κ1) is 11.5. The highest BCUT2D eigenvalue weighted by Gasteiger charge is 2.53. The topological polar surface area (TPSA) is 26.0 Å². The number of halogens is 2. The molecule has 92 valence electrons. The first-order chi connectivity index (χ1) is 8.13. The second kappa shape index (κ2) is 3.96. The molecule has 1 aromatic rings. The normalized spacial score (nSPS) is 34.8. The molecule has 0 radical (unpaired) electrons. The maximum Gasteiger partial charge on any atom is 0.144 e. The van der Waals surface area contributed by atoms with Crippen molar-refractivity contribution >= 4 is 11.6 Å². The van der Waals surface area contributed by atoms with Crippen molar-refractivity contribution in [1.29, 1.82) is 0 Å². The molecule has 0 spiro atoms. The van der Waals surface area contributed by atoms with Gasteiger partial charge in [-0.15, -0.1) is 0 Å². The first-order valence-corrected chi connectivity index (χ1v) is 6.64. The molecule has 3 rings (SSSR count). The van der Waals surface area contributed by atoms with Gasteiger partial charge < -0.3 is 5.73 Å². The molecule has 3 heteroatoms. The Morgan fingerprint density at radius 1 is 1.35 bits per heavy atom. The van der Waals surface area contributed by atoms with E-state index >= 15 is 0 Å². The van der Waals surface area contributed by atoms with Crippen LogP contribution >= 0.6 is 11.6 Å².